The van der Waals surface area contributed by atoms with Gasteiger partial charge in [0.15, 0.2) is 5.13 Å². The summed E-state index contributed by atoms with van der Waals surface area (Å²) in [6.07, 6.45) is 0. The molecule has 3 rings (SSSR count). The summed E-state index contributed by atoms with van der Waals surface area (Å²) in [4.78, 5) is 21.5. The minimum atomic E-state index is -3.84. The summed E-state index contributed by atoms with van der Waals surface area (Å²) < 4.78 is 26.1. The minimum absolute atomic E-state index is 0.0504. The van der Waals surface area contributed by atoms with Gasteiger partial charge in [0.05, 0.1) is 22.2 Å². The Kier molecular flexibility index (Phi) is 5.26. The third-order valence-corrected chi connectivity index (χ3v) is 6.41. The van der Waals surface area contributed by atoms with Gasteiger partial charge in [-0.25, -0.2) is 13.4 Å². The molecule has 2 aromatic carbocycles. The molecular formula is C16H14ClN3O4S2. The average Bonchev–Trinajstić information content (AvgIpc) is 3.02. The Morgan fingerprint density at radius 2 is 2.04 bits per heavy atom. The Bertz CT molecular complexity index is 1080. The van der Waals surface area contributed by atoms with Crippen molar-refractivity contribution in [3.05, 3.63) is 53.1 Å². The summed E-state index contributed by atoms with van der Waals surface area (Å²) in [6.45, 7) is 0. The zero-order chi connectivity index (χ0) is 18.9. The van der Waals surface area contributed by atoms with E-state index in [4.69, 9.17) is 16.4 Å². The molecule has 0 radical (unpaired) electrons. The second kappa shape index (κ2) is 7.29. The van der Waals surface area contributed by atoms with E-state index in [-0.39, 0.29) is 10.5 Å². The van der Waals surface area contributed by atoms with Crippen LogP contribution in [0.4, 0.5) is 5.13 Å². The van der Waals surface area contributed by atoms with Crippen molar-refractivity contribution in [1.29, 1.82) is 0 Å². The quantitative estimate of drug-likeness (QED) is 0.650. The lowest BCUT2D eigenvalue weighted by Gasteiger charge is -2.14. The Labute approximate surface area is 159 Å². The van der Waals surface area contributed by atoms with Crippen molar-refractivity contribution >= 4 is 54.2 Å². The molecule has 3 aromatic rings. The van der Waals surface area contributed by atoms with E-state index < -0.39 is 15.9 Å². The molecular weight excluding hydrogens is 398 g/mol. The number of carbonyl (C=O) groups is 1. The number of nitrogens with zero attached hydrogens (tertiary/aromatic N) is 2. The van der Waals surface area contributed by atoms with Gasteiger partial charge in [0.1, 0.15) is 0 Å². The number of thiazole rings is 1. The molecule has 26 heavy (non-hydrogen) atoms. The molecule has 0 spiro atoms. The van der Waals surface area contributed by atoms with E-state index in [0.717, 1.165) is 9.17 Å². The maximum Gasteiger partial charge on any atom is 0.264 e. The molecule has 1 aromatic heterocycles. The van der Waals surface area contributed by atoms with Gasteiger partial charge in [-0.1, -0.05) is 33.5 Å². The Morgan fingerprint density at radius 1 is 1.27 bits per heavy atom. The van der Waals surface area contributed by atoms with Crippen LogP contribution in [-0.4, -0.2) is 37.9 Å². The lowest BCUT2D eigenvalue weighted by Crippen LogP contribution is -2.26. The van der Waals surface area contributed by atoms with Crippen molar-refractivity contribution in [3.8, 4) is 0 Å². The van der Waals surface area contributed by atoms with E-state index in [0.29, 0.717) is 15.7 Å². The van der Waals surface area contributed by atoms with Crippen LogP contribution >= 0.6 is 22.9 Å². The molecule has 7 nitrogen and oxygen atoms in total. The number of benzene rings is 2. The smallest absolute Gasteiger partial charge is 0.264 e. The number of hydroxylamine groups is 1. The van der Waals surface area contributed by atoms with Crippen LogP contribution in [0.3, 0.4) is 0 Å². The molecule has 0 unspecified atom stereocenters. The Balaban J connectivity index is 1.87. The van der Waals surface area contributed by atoms with E-state index in [1.54, 1.807) is 18.2 Å². The number of rotatable bonds is 5. The molecule has 0 bridgehead atoms. The van der Waals surface area contributed by atoms with Crippen LogP contribution in [0.15, 0.2) is 47.4 Å². The van der Waals surface area contributed by atoms with Crippen LogP contribution in [-0.2, 0) is 14.9 Å². The zero-order valence-electron chi connectivity index (χ0n) is 13.8. The molecule has 0 atom stereocenters. The van der Waals surface area contributed by atoms with Crippen molar-refractivity contribution in [2.45, 2.75) is 4.90 Å². The van der Waals surface area contributed by atoms with Gasteiger partial charge in [-0.05, 0) is 36.4 Å². The predicted octanol–water partition coefficient (Wildman–Crippen LogP) is 3.38. The van der Waals surface area contributed by atoms with Crippen LogP contribution < -0.4 is 5.32 Å². The summed E-state index contributed by atoms with van der Waals surface area (Å²) in [6, 6.07) is 10.9. The number of carbonyl (C=O) groups excluding carboxylic acids is 1. The Hall–Kier alpha value is -2.04. The Morgan fingerprint density at radius 3 is 2.77 bits per heavy atom. The standard InChI is InChI=1S/C16H14ClN3O4S2/c1-20(24-2)26(22,23)12-5-3-4-10(8-12)15(21)19-16-18-13-7-6-11(17)9-14(13)25-16/h3-9H,1-2H3,(H,18,19,21). The average molecular weight is 412 g/mol. The molecule has 0 saturated heterocycles. The van der Waals surface area contributed by atoms with Crippen LogP contribution in [0.1, 0.15) is 10.4 Å². The van der Waals surface area contributed by atoms with Gasteiger partial charge in [-0.15, -0.1) is 0 Å². The summed E-state index contributed by atoms with van der Waals surface area (Å²) in [5.74, 6) is -0.465. The number of fused-ring (bicyclic) bond motifs is 1. The molecule has 0 aliphatic rings. The summed E-state index contributed by atoms with van der Waals surface area (Å²) in [7, 11) is -1.32. The number of amides is 1. The molecule has 1 N–H and O–H groups in total. The molecule has 0 saturated carbocycles. The SMILES string of the molecule is CON(C)S(=O)(=O)c1cccc(C(=O)Nc2nc3ccc(Cl)cc3s2)c1. The highest BCUT2D eigenvalue weighted by Gasteiger charge is 2.22. The molecule has 0 aliphatic carbocycles. The summed E-state index contributed by atoms with van der Waals surface area (Å²) in [5, 5.41) is 3.66. The number of hydrogen-bond donors (Lipinski definition) is 1. The maximum absolute atomic E-state index is 12.5. The number of nitrogens with one attached hydrogen (secondary N) is 1. The lowest BCUT2D eigenvalue weighted by atomic mass is 10.2. The summed E-state index contributed by atoms with van der Waals surface area (Å²) in [5.41, 5.74) is 0.903. The van der Waals surface area contributed by atoms with Crippen molar-refractivity contribution in [1.82, 2.24) is 9.45 Å². The van der Waals surface area contributed by atoms with Gasteiger partial charge >= 0.3 is 0 Å². The van der Waals surface area contributed by atoms with E-state index >= 15 is 0 Å². The van der Waals surface area contributed by atoms with Crippen molar-refractivity contribution in [2.75, 3.05) is 19.5 Å². The third kappa shape index (κ3) is 3.71. The molecule has 1 amide bonds. The van der Waals surface area contributed by atoms with Gasteiger partial charge in [0.25, 0.3) is 15.9 Å². The van der Waals surface area contributed by atoms with Gasteiger partial charge in [0.2, 0.25) is 0 Å². The van der Waals surface area contributed by atoms with E-state index in [2.05, 4.69) is 10.3 Å². The highest BCUT2D eigenvalue weighted by atomic mass is 35.5. The molecule has 1 heterocycles. The zero-order valence-corrected chi connectivity index (χ0v) is 16.2. The molecule has 10 heteroatoms. The van der Waals surface area contributed by atoms with E-state index in [1.165, 1.54) is 49.8 Å². The number of halogens is 1. The maximum atomic E-state index is 12.5. The van der Waals surface area contributed by atoms with E-state index in [1.807, 2.05) is 0 Å². The first-order chi connectivity index (χ1) is 12.3. The fourth-order valence-electron chi connectivity index (χ4n) is 2.17. The second-order valence-electron chi connectivity index (χ2n) is 5.21. The minimum Gasteiger partial charge on any atom is -0.298 e. The van der Waals surface area contributed by atoms with Crippen LogP contribution in [0.5, 0.6) is 0 Å². The number of aromatic nitrogens is 1. The first-order valence-corrected chi connectivity index (χ1v) is 9.95. The van der Waals surface area contributed by atoms with Crippen LogP contribution in [0.2, 0.25) is 5.02 Å². The first kappa shape index (κ1) is 18.7. The summed E-state index contributed by atoms with van der Waals surface area (Å²) >= 11 is 7.23. The predicted molar refractivity (Wildman–Crippen MR) is 101 cm³/mol. The van der Waals surface area contributed by atoms with Crippen molar-refractivity contribution < 1.29 is 18.0 Å². The fourth-order valence-corrected chi connectivity index (χ4v) is 4.32. The monoisotopic (exact) mass is 411 g/mol. The largest absolute Gasteiger partial charge is 0.298 e. The highest BCUT2D eigenvalue weighted by Crippen LogP contribution is 2.28. The fraction of sp³-hybridized carbons (Fsp3) is 0.125. The van der Waals surface area contributed by atoms with Gasteiger partial charge < -0.3 is 0 Å². The third-order valence-electron chi connectivity index (χ3n) is 3.56. The van der Waals surface area contributed by atoms with Crippen LogP contribution in [0, 0.1) is 0 Å². The highest BCUT2D eigenvalue weighted by molar-refractivity contribution is 7.89. The topological polar surface area (TPSA) is 88.6 Å². The van der Waals surface area contributed by atoms with Gasteiger partial charge in [-0.3, -0.25) is 14.9 Å². The van der Waals surface area contributed by atoms with Crippen LogP contribution in [0.25, 0.3) is 10.2 Å². The molecule has 0 fully saturated rings. The van der Waals surface area contributed by atoms with Gasteiger partial charge in [-0.2, -0.15) is 0 Å². The molecule has 136 valence electrons. The first-order valence-electron chi connectivity index (χ1n) is 7.32. The van der Waals surface area contributed by atoms with Gasteiger partial charge in [0, 0.05) is 17.6 Å². The van der Waals surface area contributed by atoms with Crippen molar-refractivity contribution in [2.24, 2.45) is 0 Å². The number of hydrogen-bond acceptors (Lipinski definition) is 6. The second-order valence-corrected chi connectivity index (χ2v) is 8.61. The normalized spacial score (nSPS) is 11.8. The number of sulfonamides is 1. The van der Waals surface area contributed by atoms with Crippen molar-refractivity contribution in [3.63, 3.8) is 0 Å². The number of anilines is 1. The van der Waals surface area contributed by atoms with E-state index in [9.17, 15) is 13.2 Å². The molecule has 0 aliphatic heterocycles. The lowest BCUT2D eigenvalue weighted by molar-refractivity contribution is -0.0258.